The molecule has 0 bridgehead atoms. The summed E-state index contributed by atoms with van der Waals surface area (Å²) in [6, 6.07) is 3.35. The fourth-order valence-corrected chi connectivity index (χ4v) is 2.19. The first kappa shape index (κ1) is 7.94. The van der Waals surface area contributed by atoms with E-state index in [1.807, 2.05) is 0 Å². The molecule has 0 radical (unpaired) electrons. The summed E-state index contributed by atoms with van der Waals surface area (Å²) < 4.78 is 14.2. The summed E-state index contributed by atoms with van der Waals surface area (Å²) in [6.45, 7) is 0. The van der Waals surface area contributed by atoms with E-state index in [9.17, 15) is 4.39 Å². The first-order valence-corrected chi connectivity index (χ1v) is 4.79. The summed E-state index contributed by atoms with van der Waals surface area (Å²) in [7, 11) is 0. The lowest BCUT2D eigenvalue weighted by Gasteiger charge is -1.92. The van der Waals surface area contributed by atoms with Crippen LogP contribution in [0.4, 0.5) is 9.52 Å². The SMILES string of the molecule is Nc1nc2ccc(Br)c(F)c2s1. The van der Waals surface area contributed by atoms with Gasteiger partial charge in [0.05, 0.1) is 14.7 Å². The lowest BCUT2D eigenvalue weighted by Crippen LogP contribution is -1.79. The third-order valence-electron chi connectivity index (χ3n) is 1.47. The fourth-order valence-electron chi connectivity index (χ4n) is 0.953. The van der Waals surface area contributed by atoms with Crippen LogP contribution in [0.5, 0.6) is 0 Å². The molecule has 0 amide bonds. The van der Waals surface area contributed by atoms with Crippen LogP contribution in [0.2, 0.25) is 0 Å². The van der Waals surface area contributed by atoms with Gasteiger partial charge in [-0.3, -0.25) is 0 Å². The minimum absolute atomic E-state index is 0.290. The average Bonchev–Trinajstić information content (AvgIpc) is 2.39. The maximum Gasteiger partial charge on any atom is 0.181 e. The third-order valence-corrected chi connectivity index (χ3v) is 2.97. The summed E-state index contributed by atoms with van der Waals surface area (Å²) in [5, 5.41) is 0.391. The van der Waals surface area contributed by atoms with Crippen LogP contribution < -0.4 is 5.73 Å². The van der Waals surface area contributed by atoms with Crippen LogP contribution in [0, 0.1) is 5.82 Å². The highest BCUT2D eigenvalue weighted by atomic mass is 79.9. The maximum absolute atomic E-state index is 13.3. The molecule has 1 aromatic carbocycles. The molecule has 0 aliphatic rings. The number of halogens is 2. The van der Waals surface area contributed by atoms with Gasteiger partial charge in [0.1, 0.15) is 0 Å². The first-order chi connectivity index (χ1) is 5.68. The van der Waals surface area contributed by atoms with Crippen molar-refractivity contribution in [1.29, 1.82) is 0 Å². The molecule has 0 spiro atoms. The van der Waals surface area contributed by atoms with E-state index in [2.05, 4.69) is 20.9 Å². The molecule has 0 saturated carbocycles. The van der Waals surface area contributed by atoms with E-state index in [1.165, 1.54) is 0 Å². The number of nitrogens with two attached hydrogens (primary N) is 1. The van der Waals surface area contributed by atoms with Gasteiger partial charge in [-0.15, -0.1) is 0 Å². The number of hydrogen-bond acceptors (Lipinski definition) is 3. The first-order valence-electron chi connectivity index (χ1n) is 3.18. The number of hydrogen-bond donors (Lipinski definition) is 1. The van der Waals surface area contributed by atoms with Crippen molar-refractivity contribution in [2.45, 2.75) is 0 Å². The van der Waals surface area contributed by atoms with E-state index < -0.39 is 0 Å². The number of nitrogens with zero attached hydrogens (tertiary/aromatic N) is 1. The molecule has 12 heavy (non-hydrogen) atoms. The third kappa shape index (κ3) is 1.09. The molecule has 2 N–H and O–H groups in total. The van der Waals surface area contributed by atoms with Crippen molar-refractivity contribution in [1.82, 2.24) is 4.98 Å². The number of fused-ring (bicyclic) bond motifs is 1. The minimum Gasteiger partial charge on any atom is -0.375 e. The lowest BCUT2D eigenvalue weighted by atomic mass is 10.3. The highest BCUT2D eigenvalue weighted by molar-refractivity contribution is 9.10. The second kappa shape index (κ2) is 2.67. The topological polar surface area (TPSA) is 38.9 Å². The average molecular weight is 247 g/mol. The number of benzene rings is 1. The predicted octanol–water partition coefficient (Wildman–Crippen LogP) is 2.78. The summed E-state index contributed by atoms with van der Waals surface area (Å²) in [5.74, 6) is -0.290. The smallest absolute Gasteiger partial charge is 0.181 e. The molecule has 2 rings (SSSR count). The summed E-state index contributed by atoms with van der Waals surface area (Å²) >= 11 is 4.24. The molecule has 0 fully saturated rings. The second-order valence-corrected chi connectivity index (χ2v) is 4.15. The van der Waals surface area contributed by atoms with Crippen LogP contribution in [0.25, 0.3) is 10.2 Å². The van der Waals surface area contributed by atoms with Gasteiger partial charge >= 0.3 is 0 Å². The van der Waals surface area contributed by atoms with Gasteiger partial charge < -0.3 is 5.73 Å². The van der Waals surface area contributed by atoms with Gasteiger partial charge in [0.2, 0.25) is 0 Å². The summed E-state index contributed by atoms with van der Waals surface area (Å²) in [6.07, 6.45) is 0. The maximum atomic E-state index is 13.3. The normalized spacial score (nSPS) is 10.8. The predicted molar refractivity (Wildman–Crippen MR) is 51.7 cm³/mol. The Labute approximate surface area is 80.3 Å². The monoisotopic (exact) mass is 246 g/mol. The highest BCUT2D eigenvalue weighted by Crippen LogP contribution is 2.30. The standard InChI is InChI=1S/C7H4BrFN2S/c8-3-1-2-4-6(5(3)9)12-7(10)11-4/h1-2H,(H2,10,11). The zero-order valence-corrected chi connectivity index (χ0v) is 8.25. The van der Waals surface area contributed by atoms with Gasteiger partial charge in [-0.05, 0) is 28.1 Å². The number of thiazole rings is 1. The van der Waals surface area contributed by atoms with Crippen LogP contribution in [0.15, 0.2) is 16.6 Å². The quantitative estimate of drug-likeness (QED) is 0.777. The molecular formula is C7H4BrFN2S. The van der Waals surface area contributed by atoms with Gasteiger partial charge in [0.25, 0.3) is 0 Å². The van der Waals surface area contributed by atoms with Crippen molar-refractivity contribution in [3.8, 4) is 0 Å². The largest absolute Gasteiger partial charge is 0.375 e. The molecule has 5 heteroatoms. The van der Waals surface area contributed by atoms with Crippen LogP contribution in [0.1, 0.15) is 0 Å². The number of nitrogen functional groups attached to an aromatic ring is 1. The number of rotatable bonds is 0. The number of aromatic nitrogens is 1. The Morgan fingerprint density at radius 3 is 3.00 bits per heavy atom. The Hall–Kier alpha value is -0.680. The van der Waals surface area contributed by atoms with Crippen LogP contribution >= 0.6 is 27.3 Å². The van der Waals surface area contributed by atoms with E-state index >= 15 is 0 Å². The van der Waals surface area contributed by atoms with Crippen molar-refractivity contribution in [3.63, 3.8) is 0 Å². The van der Waals surface area contributed by atoms with Gasteiger partial charge in [0.15, 0.2) is 10.9 Å². The molecular weight excluding hydrogens is 243 g/mol. The fraction of sp³-hybridized carbons (Fsp3) is 0. The molecule has 0 aliphatic carbocycles. The summed E-state index contributed by atoms with van der Waals surface area (Å²) in [5.41, 5.74) is 6.04. The zero-order chi connectivity index (χ0) is 8.72. The molecule has 0 unspecified atom stereocenters. The van der Waals surface area contributed by atoms with E-state index in [0.29, 0.717) is 19.8 Å². The molecule has 1 aromatic heterocycles. The van der Waals surface area contributed by atoms with Crippen molar-refractivity contribution in [2.75, 3.05) is 5.73 Å². The molecule has 0 atom stereocenters. The van der Waals surface area contributed by atoms with Crippen molar-refractivity contribution >= 4 is 42.6 Å². The Kier molecular flexibility index (Phi) is 1.77. The van der Waals surface area contributed by atoms with Gasteiger partial charge in [-0.25, -0.2) is 9.37 Å². The molecule has 1 heterocycles. The Morgan fingerprint density at radius 2 is 2.25 bits per heavy atom. The molecule has 2 aromatic rings. The van der Waals surface area contributed by atoms with Crippen LogP contribution in [-0.4, -0.2) is 4.98 Å². The molecule has 62 valence electrons. The van der Waals surface area contributed by atoms with E-state index in [1.54, 1.807) is 12.1 Å². The zero-order valence-electron chi connectivity index (χ0n) is 5.84. The number of anilines is 1. The van der Waals surface area contributed by atoms with E-state index in [-0.39, 0.29) is 5.82 Å². The van der Waals surface area contributed by atoms with Crippen LogP contribution in [0.3, 0.4) is 0 Å². The van der Waals surface area contributed by atoms with Crippen LogP contribution in [-0.2, 0) is 0 Å². The Bertz CT molecular complexity index is 440. The van der Waals surface area contributed by atoms with Crippen molar-refractivity contribution in [2.24, 2.45) is 0 Å². The molecule has 0 aliphatic heterocycles. The summed E-state index contributed by atoms with van der Waals surface area (Å²) in [4.78, 5) is 3.95. The highest BCUT2D eigenvalue weighted by Gasteiger charge is 2.08. The van der Waals surface area contributed by atoms with Crippen molar-refractivity contribution in [3.05, 3.63) is 22.4 Å². The minimum atomic E-state index is -0.290. The Balaban J connectivity index is 2.89. The van der Waals surface area contributed by atoms with Gasteiger partial charge in [-0.1, -0.05) is 11.3 Å². The Morgan fingerprint density at radius 1 is 1.50 bits per heavy atom. The van der Waals surface area contributed by atoms with Gasteiger partial charge in [0, 0.05) is 0 Å². The van der Waals surface area contributed by atoms with Gasteiger partial charge in [-0.2, -0.15) is 0 Å². The second-order valence-electron chi connectivity index (χ2n) is 2.26. The lowest BCUT2D eigenvalue weighted by molar-refractivity contribution is 0.635. The van der Waals surface area contributed by atoms with E-state index in [4.69, 9.17) is 5.73 Å². The molecule has 0 saturated heterocycles. The van der Waals surface area contributed by atoms with E-state index in [0.717, 1.165) is 11.3 Å². The van der Waals surface area contributed by atoms with Crippen molar-refractivity contribution < 1.29 is 4.39 Å². The molecule has 2 nitrogen and oxygen atoms in total.